The van der Waals surface area contributed by atoms with Gasteiger partial charge in [-0.05, 0) is 35.9 Å². The number of hydrogen-bond acceptors (Lipinski definition) is 6. The minimum atomic E-state index is -3.76. The van der Waals surface area contributed by atoms with Crippen molar-refractivity contribution < 1.29 is 13.2 Å². The van der Waals surface area contributed by atoms with Crippen molar-refractivity contribution in [1.29, 1.82) is 0 Å². The Morgan fingerprint density at radius 3 is 2.41 bits per heavy atom. The Balaban J connectivity index is 1.40. The molecule has 1 aliphatic rings. The Labute approximate surface area is 186 Å². The molecule has 2 aromatic carbocycles. The third-order valence-electron chi connectivity index (χ3n) is 4.94. The number of hydrazone groups is 1. The number of carbonyl (C=O) groups excluding carboxylic acids is 1. The molecule has 0 fully saturated rings. The smallest absolute Gasteiger partial charge is 0.267 e. The predicted molar refractivity (Wildman–Crippen MR) is 123 cm³/mol. The number of rotatable bonds is 6. The van der Waals surface area contributed by atoms with Crippen LogP contribution in [-0.4, -0.2) is 49.1 Å². The highest BCUT2D eigenvalue weighted by Crippen LogP contribution is 2.20. The average molecular weight is 448 g/mol. The fraction of sp³-hybridized carbons (Fsp3) is 0.130. The molecule has 0 bridgehead atoms. The van der Waals surface area contributed by atoms with E-state index in [-0.39, 0.29) is 22.7 Å². The molecule has 0 aliphatic carbocycles. The third kappa shape index (κ3) is 4.57. The number of aromatic nitrogens is 2. The Morgan fingerprint density at radius 1 is 1.03 bits per heavy atom. The maximum absolute atomic E-state index is 12.8. The lowest BCUT2D eigenvalue weighted by Gasteiger charge is -2.17. The van der Waals surface area contributed by atoms with Crippen molar-refractivity contribution in [3.63, 3.8) is 0 Å². The standard InChI is InChI=1S/C23H21N5O3S/c1-27(23-24-14-5-15-25-23)32(30,31)21-12-10-18(11-13-21)8-9-19-16-26-28(17-19)22(29)20-6-3-2-4-7-20/h2-16,19H,17H2,1H3/b9-8+. The molecule has 0 N–H and O–H groups in total. The molecular weight excluding hydrogens is 426 g/mol. The summed E-state index contributed by atoms with van der Waals surface area (Å²) in [5, 5.41) is 5.66. The summed E-state index contributed by atoms with van der Waals surface area (Å²) >= 11 is 0. The van der Waals surface area contributed by atoms with E-state index in [0.717, 1.165) is 9.87 Å². The first-order chi connectivity index (χ1) is 15.4. The third-order valence-corrected chi connectivity index (χ3v) is 6.70. The molecule has 0 spiro atoms. The predicted octanol–water partition coefficient (Wildman–Crippen LogP) is 3.07. The number of amides is 1. The van der Waals surface area contributed by atoms with Crippen LogP contribution in [0.3, 0.4) is 0 Å². The van der Waals surface area contributed by atoms with Gasteiger partial charge in [0.05, 0.1) is 11.4 Å². The number of hydrogen-bond donors (Lipinski definition) is 0. The van der Waals surface area contributed by atoms with E-state index in [1.54, 1.807) is 48.7 Å². The topological polar surface area (TPSA) is 95.8 Å². The van der Waals surface area contributed by atoms with Gasteiger partial charge in [0.15, 0.2) is 0 Å². The second-order valence-corrected chi connectivity index (χ2v) is 9.10. The van der Waals surface area contributed by atoms with Crippen LogP contribution in [0.25, 0.3) is 6.08 Å². The summed E-state index contributed by atoms with van der Waals surface area (Å²) < 4.78 is 26.6. The van der Waals surface area contributed by atoms with E-state index in [2.05, 4.69) is 15.1 Å². The van der Waals surface area contributed by atoms with Crippen LogP contribution in [-0.2, 0) is 10.0 Å². The van der Waals surface area contributed by atoms with Crippen molar-refractivity contribution in [2.75, 3.05) is 17.9 Å². The SMILES string of the molecule is CN(c1ncccn1)S(=O)(=O)c1ccc(/C=C/C2C=NN(C(=O)c3ccccc3)C2)cc1. The number of sulfonamides is 1. The van der Waals surface area contributed by atoms with E-state index in [1.807, 2.05) is 30.4 Å². The minimum absolute atomic E-state index is 0.0209. The molecule has 162 valence electrons. The van der Waals surface area contributed by atoms with Gasteiger partial charge < -0.3 is 0 Å². The number of carbonyl (C=O) groups is 1. The molecule has 3 aromatic rings. The number of nitrogens with zero attached hydrogens (tertiary/aromatic N) is 5. The molecule has 1 unspecified atom stereocenters. The van der Waals surface area contributed by atoms with Gasteiger partial charge in [-0.25, -0.2) is 27.7 Å². The Kier molecular flexibility index (Phi) is 6.09. The van der Waals surface area contributed by atoms with Gasteiger partial charge in [0, 0.05) is 37.1 Å². The fourth-order valence-electron chi connectivity index (χ4n) is 3.14. The summed E-state index contributed by atoms with van der Waals surface area (Å²) in [6, 6.07) is 17.2. The summed E-state index contributed by atoms with van der Waals surface area (Å²) in [4.78, 5) is 20.6. The zero-order chi connectivity index (χ0) is 22.6. The van der Waals surface area contributed by atoms with Crippen LogP contribution >= 0.6 is 0 Å². The van der Waals surface area contributed by atoms with Gasteiger partial charge in [-0.1, -0.05) is 42.5 Å². The summed E-state index contributed by atoms with van der Waals surface area (Å²) in [6.07, 6.45) is 8.53. The van der Waals surface area contributed by atoms with E-state index in [9.17, 15) is 13.2 Å². The van der Waals surface area contributed by atoms with Crippen molar-refractivity contribution in [3.05, 3.63) is 90.3 Å². The largest absolute Gasteiger partial charge is 0.273 e. The van der Waals surface area contributed by atoms with Crippen molar-refractivity contribution in [1.82, 2.24) is 15.0 Å². The van der Waals surface area contributed by atoms with Gasteiger partial charge in [-0.3, -0.25) is 4.79 Å². The second kappa shape index (κ2) is 9.11. The summed E-state index contributed by atoms with van der Waals surface area (Å²) in [5.41, 5.74) is 1.43. The first-order valence-electron chi connectivity index (χ1n) is 9.90. The van der Waals surface area contributed by atoms with Crippen LogP contribution in [0.4, 0.5) is 5.95 Å². The normalized spacial score (nSPS) is 15.9. The maximum Gasteiger partial charge on any atom is 0.273 e. The monoisotopic (exact) mass is 447 g/mol. The van der Waals surface area contributed by atoms with E-state index >= 15 is 0 Å². The highest BCUT2D eigenvalue weighted by molar-refractivity contribution is 7.92. The van der Waals surface area contributed by atoms with Gasteiger partial charge in [0.2, 0.25) is 5.95 Å². The van der Waals surface area contributed by atoms with Gasteiger partial charge in [0.1, 0.15) is 0 Å². The minimum Gasteiger partial charge on any atom is -0.267 e. The van der Waals surface area contributed by atoms with Crippen LogP contribution in [0, 0.1) is 5.92 Å². The molecule has 0 saturated carbocycles. The van der Waals surface area contributed by atoms with E-state index < -0.39 is 10.0 Å². The lowest BCUT2D eigenvalue weighted by atomic mass is 10.1. The number of anilines is 1. The highest BCUT2D eigenvalue weighted by Gasteiger charge is 2.24. The van der Waals surface area contributed by atoms with Gasteiger partial charge in [-0.15, -0.1) is 0 Å². The van der Waals surface area contributed by atoms with Crippen molar-refractivity contribution >= 4 is 34.2 Å². The highest BCUT2D eigenvalue weighted by atomic mass is 32.2. The molecule has 2 heterocycles. The van der Waals surface area contributed by atoms with E-state index in [4.69, 9.17) is 0 Å². The van der Waals surface area contributed by atoms with Crippen LogP contribution in [0.2, 0.25) is 0 Å². The summed E-state index contributed by atoms with van der Waals surface area (Å²) in [7, 11) is -2.35. The molecule has 1 atom stereocenters. The lowest BCUT2D eigenvalue weighted by Crippen LogP contribution is -2.28. The van der Waals surface area contributed by atoms with Crippen LogP contribution in [0.5, 0.6) is 0 Å². The van der Waals surface area contributed by atoms with Crippen LogP contribution < -0.4 is 4.31 Å². The molecule has 1 aromatic heterocycles. The second-order valence-electron chi connectivity index (χ2n) is 7.13. The van der Waals surface area contributed by atoms with Gasteiger partial charge >= 0.3 is 0 Å². The average Bonchev–Trinajstić information content (AvgIpc) is 3.32. The number of benzene rings is 2. The molecule has 8 nitrogen and oxygen atoms in total. The van der Waals surface area contributed by atoms with Crippen LogP contribution in [0.15, 0.2) is 89.1 Å². The quantitative estimate of drug-likeness (QED) is 0.579. The molecule has 9 heteroatoms. The van der Waals surface area contributed by atoms with Crippen molar-refractivity contribution in [3.8, 4) is 0 Å². The first-order valence-corrected chi connectivity index (χ1v) is 11.3. The summed E-state index contributed by atoms with van der Waals surface area (Å²) in [5.74, 6) is -0.0575. The Hall–Kier alpha value is -3.85. The molecule has 1 amide bonds. The first kappa shape index (κ1) is 21.4. The van der Waals surface area contributed by atoms with Crippen molar-refractivity contribution in [2.24, 2.45) is 11.0 Å². The molecule has 0 saturated heterocycles. The zero-order valence-electron chi connectivity index (χ0n) is 17.3. The molecule has 4 rings (SSSR count). The van der Waals surface area contributed by atoms with Crippen LogP contribution in [0.1, 0.15) is 15.9 Å². The maximum atomic E-state index is 12.8. The van der Waals surface area contributed by atoms with E-state index in [0.29, 0.717) is 12.1 Å². The molecule has 1 aliphatic heterocycles. The van der Waals surface area contributed by atoms with Gasteiger partial charge in [0.25, 0.3) is 15.9 Å². The summed E-state index contributed by atoms with van der Waals surface area (Å²) in [6.45, 7) is 0.457. The molecule has 0 radical (unpaired) electrons. The van der Waals surface area contributed by atoms with Crippen molar-refractivity contribution in [2.45, 2.75) is 4.90 Å². The Bertz CT molecular complexity index is 1240. The van der Waals surface area contributed by atoms with Gasteiger partial charge in [-0.2, -0.15) is 5.10 Å². The fourth-order valence-corrected chi connectivity index (χ4v) is 4.25. The lowest BCUT2D eigenvalue weighted by molar-refractivity contribution is 0.0772. The zero-order valence-corrected chi connectivity index (χ0v) is 18.1. The van der Waals surface area contributed by atoms with E-state index in [1.165, 1.54) is 24.5 Å². The Morgan fingerprint density at radius 2 is 1.72 bits per heavy atom. The molecular formula is C23H21N5O3S. The molecule has 32 heavy (non-hydrogen) atoms.